The van der Waals surface area contributed by atoms with Gasteiger partial charge in [0.25, 0.3) is 5.91 Å². The summed E-state index contributed by atoms with van der Waals surface area (Å²) in [6, 6.07) is 21.3. The van der Waals surface area contributed by atoms with Crippen LogP contribution in [0, 0.1) is 0 Å². The number of primary amides is 1. The first-order valence-corrected chi connectivity index (χ1v) is 13.4. The van der Waals surface area contributed by atoms with E-state index in [-0.39, 0.29) is 35.5 Å². The molecule has 2 heterocycles. The molecule has 0 unspecified atom stereocenters. The van der Waals surface area contributed by atoms with Crippen molar-refractivity contribution in [2.45, 2.75) is 32.5 Å². The standard InChI is InChI=1S/C31H30F3N5O2/c1-3-16-37(2)19-22-7-4-5-10-25(22)20-11-13-23(14-12-20)38-17-15-26-27(30(38)41)39(36-28(26)31(32,33)34)24-9-6-8-21(18-24)29(35)40/h4-14,18H,3,15-17,19H2,1-2H3,(H2,35,40). The molecule has 1 aliphatic rings. The van der Waals surface area contributed by atoms with Gasteiger partial charge >= 0.3 is 6.18 Å². The fourth-order valence-corrected chi connectivity index (χ4v) is 5.32. The van der Waals surface area contributed by atoms with E-state index in [4.69, 9.17) is 5.73 Å². The van der Waals surface area contributed by atoms with Crippen LogP contribution >= 0.6 is 0 Å². The molecule has 0 saturated carbocycles. The van der Waals surface area contributed by atoms with E-state index in [1.54, 1.807) is 0 Å². The molecule has 7 nitrogen and oxygen atoms in total. The van der Waals surface area contributed by atoms with Gasteiger partial charge in [-0.1, -0.05) is 49.4 Å². The summed E-state index contributed by atoms with van der Waals surface area (Å²) in [4.78, 5) is 29.2. The molecular weight excluding hydrogens is 531 g/mol. The van der Waals surface area contributed by atoms with Gasteiger partial charge in [0.1, 0.15) is 5.69 Å². The molecule has 1 aliphatic heterocycles. The average Bonchev–Trinajstić information content (AvgIpc) is 3.35. The third kappa shape index (κ3) is 5.60. The van der Waals surface area contributed by atoms with E-state index >= 15 is 0 Å². The van der Waals surface area contributed by atoms with Gasteiger partial charge in [0.15, 0.2) is 5.69 Å². The predicted molar refractivity (Wildman–Crippen MR) is 151 cm³/mol. The highest BCUT2D eigenvalue weighted by molar-refractivity contribution is 6.07. The molecule has 0 bridgehead atoms. The normalized spacial score (nSPS) is 13.5. The summed E-state index contributed by atoms with van der Waals surface area (Å²) in [6.45, 7) is 3.98. The van der Waals surface area contributed by atoms with E-state index in [2.05, 4.69) is 36.1 Å². The summed E-state index contributed by atoms with van der Waals surface area (Å²) >= 11 is 0. The first-order chi connectivity index (χ1) is 19.6. The Morgan fingerprint density at radius 2 is 1.76 bits per heavy atom. The number of halogens is 3. The molecule has 10 heteroatoms. The summed E-state index contributed by atoms with van der Waals surface area (Å²) in [5.74, 6) is -1.34. The molecule has 2 amide bonds. The third-order valence-electron chi connectivity index (χ3n) is 7.21. The number of carbonyl (C=O) groups excluding carboxylic acids is 2. The Hall–Kier alpha value is -4.44. The van der Waals surface area contributed by atoms with E-state index < -0.39 is 23.7 Å². The van der Waals surface area contributed by atoms with Crippen molar-refractivity contribution in [3.63, 3.8) is 0 Å². The number of anilines is 1. The number of aromatic nitrogens is 2. The Bertz CT molecular complexity index is 1590. The number of amides is 2. The van der Waals surface area contributed by atoms with Gasteiger partial charge in [-0.05, 0) is 73.5 Å². The van der Waals surface area contributed by atoms with Gasteiger partial charge in [-0.3, -0.25) is 9.59 Å². The van der Waals surface area contributed by atoms with E-state index in [1.807, 2.05) is 36.4 Å². The Morgan fingerprint density at radius 3 is 2.44 bits per heavy atom. The summed E-state index contributed by atoms with van der Waals surface area (Å²) in [5.41, 5.74) is 7.96. The third-order valence-corrected chi connectivity index (χ3v) is 7.21. The fourth-order valence-electron chi connectivity index (χ4n) is 5.32. The monoisotopic (exact) mass is 561 g/mol. The molecule has 4 aromatic rings. The Kier molecular flexibility index (Phi) is 7.68. The number of hydrogen-bond donors (Lipinski definition) is 1. The quantitative estimate of drug-likeness (QED) is 0.299. The number of nitrogens with zero attached hydrogens (tertiary/aromatic N) is 4. The van der Waals surface area contributed by atoms with Crippen molar-refractivity contribution in [2.75, 3.05) is 25.0 Å². The number of nitrogens with two attached hydrogens (primary N) is 1. The molecular formula is C31H30F3N5O2. The summed E-state index contributed by atoms with van der Waals surface area (Å²) < 4.78 is 42.8. The van der Waals surface area contributed by atoms with Crippen LogP contribution < -0.4 is 10.6 Å². The second-order valence-corrected chi connectivity index (χ2v) is 10.1. The van der Waals surface area contributed by atoms with Crippen molar-refractivity contribution in [1.82, 2.24) is 14.7 Å². The molecule has 212 valence electrons. The van der Waals surface area contributed by atoms with E-state index in [0.717, 1.165) is 35.3 Å². The van der Waals surface area contributed by atoms with Gasteiger partial charge in [0.2, 0.25) is 5.91 Å². The molecule has 0 aliphatic carbocycles. The molecule has 3 aromatic carbocycles. The van der Waals surface area contributed by atoms with Gasteiger partial charge < -0.3 is 15.5 Å². The molecule has 2 N–H and O–H groups in total. The maximum Gasteiger partial charge on any atom is 0.435 e. The van der Waals surface area contributed by atoms with Gasteiger partial charge in [0, 0.05) is 29.9 Å². The number of fused-ring (bicyclic) bond motifs is 1. The van der Waals surface area contributed by atoms with Crippen molar-refractivity contribution >= 4 is 17.5 Å². The van der Waals surface area contributed by atoms with Crippen LogP contribution in [-0.4, -0.2) is 46.6 Å². The van der Waals surface area contributed by atoms with Crippen molar-refractivity contribution in [3.8, 4) is 16.8 Å². The topological polar surface area (TPSA) is 84.5 Å². The van der Waals surface area contributed by atoms with Crippen molar-refractivity contribution in [2.24, 2.45) is 5.73 Å². The van der Waals surface area contributed by atoms with Crippen LogP contribution in [0.2, 0.25) is 0 Å². The fraction of sp³-hybridized carbons (Fsp3) is 0.258. The number of carbonyl (C=O) groups is 2. The van der Waals surface area contributed by atoms with Crippen LogP contribution in [0.25, 0.3) is 16.8 Å². The zero-order chi connectivity index (χ0) is 29.3. The van der Waals surface area contributed by atoms with E-state index in [0.29, 0.717) is 5.69 Å². The predicted octanol–water partition coefficient (Wildman–Crippen LogP) is 5.70. The molecule has 5 rings (SSSR count). The zero-order valence-corrected chi connectivity index (χ0v) is 22.8. The molecule has 0 saturated heterocycles. The van der Waals surface area contributed by atoms with Gasteiger partial charge in [-0.25, -0.2) is 4.68 Å². The number of alkyl halides is 3. The van der Waals surface area contributed by atoms with Crippen LogP contribution in [-0.2, 0) is 19.1 Å². The van der Waals surface area contributed by atoms with Crippen LogP contribution in [0.3, 0.4) is 0 Å². The Balaban J connectivity index is 1.50. The first-order valence-electron chi connectivity index (χ1n) is 13.4. The van der Waals surface area contributed by atoms with Gasteiger partial charge in [-0.2, -0.15) is 18.3 Å². The second-order valence-electron chi connectivity index (χ2n) is 10.1. The lowest BCUT2D eigenvalue weighted by Crippen LogP contribution is -2.39. The van der Waals surface area contributed by atoms with E-state index in [9.17, 15) is 22.8 Å². The first kappa shape index (κ1) is 28.1. The summed E-state index contributed by atoms with van der Waals surface area (Å²) in [7, 11) is 2.08. The lowest BCUT2D eigenvalue weighted by Gasteiger charge is -2.28. The smallest absolute Gasteiger partial charge is 0.366 e. The minimum Gasteiger partial charge on any atom is -0.366 e. The molecule has 0 radical (unpaired) electrons. The van der Waals surface area contributed by atoms with E-state index in [1.165, 1.54) is 34.7 Å². The highest BCUT2D eigenvalue weighted by atomic mass is 19.4. The molecule has 0 spiro atoms. The molecule has 1 aromatic heterocycles. The Labute approximate surface area is 236 Å². The minimum atomic E-state index is -4.75. The largest absolute Gasteiger partial charge is 0.435 e. The lowest BCUT2D eigenvalue weighted by molar-refractivity contribution is -0.141. The average molecular weight is 562 g/mol. The number of benzene rings is 3. The Morgan fingerprint density at radius 1 is 1.02 bits per heavy atom. The lowest BCUT2D eigenvalue weighted by atomic mass is 9.98. The van der Waals surface area contributed by atoms with Crippen LogP contribution in [0.1, 0.15) is 51.0 Å². The molecule has 0 atom stereocenters. The maximum atomic E-state index is 13.9. The van der Waals surface area contributed by atoms with Crippen molar-refractivity contribution in [3.05, 3.63) is 101 Å². The van der Waals surface area contributed by atoms with Gasteiger partial charge in [-0.15, -0.1) is 0 Å². The second kappa shape index (κ2) is 11.2. The van der Waals surface area contributed by atoms with Crippen LogP contribution in [0.15, 0.2) is 72.8 Å². The SMILES string of the molecule is CCCN(C)Cc1ccccc1-c1ccc(N2CCc3c(C(F)(F)F)nn(-c4cccc(C(N)=O)c4)c3C2=O)cc1. The maximum absolute atomic E-state index is 13.9. The van der Waals surface area contributed by atoms with Crippen LogP contribution in [0.5, 0.6) is 0 Å². The molecule has 0 fully saturated rings. The zero-order valence-electron chi connectivity index (χ0n) is 22.8. The summed E-state index contributed by atoms with van der Waals surface area (Å²) in [5, 5.41) is 3.80. The summed E-state index contributed by atoms with van der Waals surface area (Å²) in [6.07, 6.45) is -3.72. The van der Waals surface area contributed by atoms with Crippen LogP contribution in [0.4, 0.5) is 18.9 Å². The minimum absolute atomic E-state index is 0.0280. The highest BCUT2D eigenvalue weighted by Crippen LogP contribution is 2.37. The van der Waals surface area contributed by atoms with Crippen molar-refractivity contribution < 1.29 is 22.8 Å². The highest BCUT2D eigenvalue weighted by Gasteiger charge is 2.43. The number of hydrogen-bond acceptors (Lipinski definition) is 4. The number of rotatable bonds is 8. The van der Waals surface area contributed by atoms with Crippen molar-refractivity contribution in [1.29, 1.82) is 0 Å². The van der Waals surface area contributed by atoms with Gasteiger partial charge in [0.05, 0.1) is 5.69 Å². The molecule has 41 heavy (non-hydrogen) atoms.